The van der Waals surface area contributed by atoms with Gasteiger partial charge in [0.15, 0.2) is 23.8 Å². The third-order valence-electron chi connectivity index (χ3n) is 6.58. The summed E-state index contributed by atoms with van der Waals surface area (Å²) in [7, 11) is 5.13. The molecule has 1 aromatic carbocycles. The first kappa shape index (κ1) is 23.9. The van der Waals surface area contributed by atoms with Crippen LogP contribution < -0.4 is 14.2 Å². The van der Waals surface area contributed by atoms with Crippen molar-refractivity contribution < 1.29 is 19.0 Å². The standard InChI is InChI=1S/C26H34N4O4/c1-17-14-18(2)27-25-24(17)26(28-29(25)3)34-16-23(31)30-13-7-6-8-20(30)11-9-19-10-12-21(32-4)22(15-19)33-5/h10,12,14-15,20H,6-9,11,13,16H2,1-5H3. The number of ether oxygens (including phenoxy) is 3. The van der Waals surface area contributed by atoms with Crippen LogP contribution in [0.4, 0.5) is 0 Å². The topological polar surface area (TPSA) is 78.7 Å². The summed E-state index contributed by atoms with van der Waals surface area (Å²) in [5.74, 6) is 1.93. The van der Waals surface area contributed by atoms with Gasteiger partial charge >= 0.3 is 0 Å². The molecule has 0 saturated carbocycles. The number of carbonyl (C=O) groups excluding carboxylic acids is 1. The highest BCUT2D eigenvalue weighted by molar-refractivity contribution is 5.85. The van der Waals surface area contributed by atoms with Crippen LogP contribution in [0.2, 0.25) is 0 Å². The summed E-state index contributed by atoms with van der Waals surface area (Å²) < 4.78 is 18.4. The second kappa shape index (κ2) is 10.3. The number of aromatic nitrogens is 3. The van der Waals surface area contributed by atoms with Crippen molar-refractivity contribution in [2.45, 2.75) is 52.0 Å². The number of pyridine rings is 1. The SMILES string of the molecule is COc1ccc(CCC2CCCCN2C(=O)COc2nn(C)c3nc(C)cc(C)c23)cc1OC. The molecule has 1 aliphatic rings. The third-order valence-corrected chi connectivity index (χ3v) is 6.58. The van der Waals surface area contributed by atoms with Gasteiger partial charge in [0, 0.05) is 25.3 Å². The van der Waals surface area contributed by atoms with Crippen LogP contribution in [0, 0.1) is 13.8 Å². The summed E-state index contributed by atoms with van der Waals surface area (Å²) in [4.78, 5) is 19.7. The number of hydrogen-bond acceptors (Lipinski definition) is 6. The number of likely N-dealkylation sites (tertiary alicyclic amines) is 1. The van der Waals surface area contributed by atoms with E-state index in [0.717, 1.165) is 72.4 Å². The molecule has 0 radical (unpaired) electrons. The Bertz CT molecular complexity index is 1170. The molecule has 0 N–H and O–H groups in total. The fourth-order valence-corrected chi connectivity index (χ4v) is 4.86. The first-order valence-corrected chi connectivity index (χ1v) is 11.9. The summed E-state index contributed by atoms with van der Waals surface area (Å²) in [5.41, 5.74) is 3.92. The van der Waals surface area contributed by atoms with E-state index < -0.39 is 0 Å². The van der Waals surface area contributed by atoms with Gasteiger partial charge in [0.1, 0.15) is 0 Å². The summed E-state index contributed by atoms with van der Waals surface area (Å²) in [6.07, 6.45) is 4.93. The normalized spacial score (nSPS) is 16.0. The minimum atomic E-state index is -0.0215. The molecular weight excluding hydrogens is 432 g/mol. The summed E-state index contributed by atoms with van der Waals surface area (Å²) in [6.45, 7) is 4.72. The van der Waals surface area contributed by atoms with Crippen molar-refractivity contribution in [1.29, 1.82) is 0 Å². The molecule has 1 aliphatic heterocycles. The molecule has 3 aromatic rings. The Labute approximate surface area is 200 Å². The quantitative estimate of drug-likeness (QED) is 0.499. The number of methoxy groups -OCH3 is 2. The van der Waals surface area contributed by atoms with E-state index in [0.29, 0.717) is 5.88 Å². The predicted molar refractivity (Wildman–Crippen MR) is 131 cm³/mol. The number of hydrogen-bond donors (Lipinski definition) is 0. The minimum Gasteiger partial charge on any atom is -0.493 e. The Hall–Kier alpha value is -3.29. The fourth-order valence-electron chi connectivity index (χ4n) is 4.86. The van der Waals surface area contributed by atoms with Crippen LogP contribution in [-0.2, 0) is 18.3 Å². The van der Waals surface area contributed by atoms with E-state index in [-0.39, 0.29) is 18.6 Å². The number of amides is 1. The van der Waals surface area contributed by atoms with Gasteiger partial charge in [-0.15, -0.1) is 5.10 Å². The van der Waals surface area contributed by atoms with Crippen molar-refractivity contribution in [3.63, 3.8) is 0 Å². The molecule has 0 bridgehead atoms. The Morgan fingerprint density at radius 1 is 1.12 bits per heavy atom. The van der Waals surface area contributed by atoms with Gasteiger partial charge in [-0.1, -0.05) is 6.07 Å². The van der Waals surface area contributed by atoms with Crippen molar-refractivity contribution in [2.75, 3.05) is 27.4 Å². The van der Waals surface area contributed by atoms with Gasteiger partial charge in [-0.2, -0.15) is 0 Å². The molecule has 8 heteroatoms. The van der Waals surface area contributed by atoms with Crippen LogP contribution in [0.1, 0.15) is 42.5 Å². The average Bonchev–Trinajstić information content (AvgIpc) is 3.16. The van der Waals surface area contributed by atoms with Crippen LogP contribution in [0.3, 0.4) is 0 Å². The highest BCUT2D eigenvalue weighted by atomic mass is 16.5. The lowest BCUT2D eigenvalue weighted by molar-refractivity contribution is -0.137. The lowest BCUT2D eigenvalue weighted by Crippen LogP contribution is -2.46. The average molecular weight is 467 g/mol. The number of rotatable bonds is 8. The Morgan fingerprint density at radius 2 is 1.91 bits per heavy atom. The molecule has 1 saturated heterocycles. The molecule has 3 heterocycles. The van der Waals surface area contributed by atoms with Crippen LogP contribution in [0.25, 0.3) is 11.0 Å². The Balaban J connectivity index is 1.42. The van der Waals surface area contributed by atoms with E-state index in [1.54, 1.807) is 18.9 Å². The fraction of sp³-hybridized carbons (Fsp3) is 0.500. The number of carbonyl (C=O) groups is 1. The zero-order valence-electron chi connectivity index (χ0n) is 20.8. The van der Waals surface area contributed by atoms with E-state index in [9.17, 15) is 4.79 Å². The second-order valence-corrected chi connectivity index (χ2v) is 8.96. The van der Waals surface area contributed by atoms with Crippen LogP contribution in [0.15, 0.2) is 24.3 Å². The Kier molecular flexibility index (Phi) is 7.24. The molecule has 34 heavy (non-hydrogen) atoms. The minimum absolute atomic E-state index is 0.00791. The highest BCUT2D eigenvalue weighted by Gasteiger charge is 2.27. The molecule has 1 unspecified atom stereocenters. The number of benzene rings is 1. The lowest BCUT2D eigenvalue weighted by Gasteiger charge is -2.36. The van der Waals surface area contributed by atoms with Crippen molar-refractivity contribution in [2.24, 2.45) is 7.05 Å². The smallest absolute Gasteiger partial charge is 0.260 e. The maximum absolute atomic E-state index is 13.2. The molecular formula is C26H34N4O4. The number of nitrogens with zero attached hydrogens (tertiary/aromatic N) is 4. The van der Waals surface area contributed by atoms with Gasteiger partial charge < -0.3 is 19.1 Å². The molecule has 1 amide bonds. The summed E-state index contributed by atoms with van der Waals surface area (Å²) in [5, 5.41) is 5.34. The highest BCUT2D eigenvalue weighted by Crippen LogP contribution is 2.30. The van der Waals surface area contributed by atoms with Gasteiger partial charge in [0.2, 0.25) is 5.88 Å². The van der Waals surface area contributed by atoms with Gasteiger partial charge in [-0.05, 0) is 75.3 Å². The molecule has 182 valence electrons. The molecule has 4 rings (SSSR count). The van der Waals surface area contributed by atoms with Crippen LogP contribution in [-0.4, -0.2) is 59.0 Å². The Morgan fingerprint density at radius 3 is 2.68 bits per heavy atom. The van der Waals surface area contributed by atoms with E-state index >= 15 is 0 Å². The zero-order valence-corrected chi connectivity index (χ0v) is 20.8. The number of fused-ring (bicyclic) bond motifs is 1. The lowest BCUT2D eigenvalue weighted by atomic mass is 9.95. The first-order valence-electron chi connectivity index (χ1n) is 11.9. The van der Waals surface area contributed by atoms with Gasteiger partial charge in [0.25, 0.3) is 5.91 Å². The predicted octanol–water partition coefficient (Wildman–Crippen LogP) is 4.00. The van der Waals surface area contributed by atoms with Crippen LogP contribution in [0.5, 0.6) is 17.4 Å². The summed E-state index contributed by atoms with van der Waals surface area (Å²) in [6, 6.07) is 8.21. The van der Waals surface area contributed by atoms with Gasteiger partial charge in [0.05, 0.1) is 19.6 Å². The van der Waals surface area contributed by atoms with Crippen molar-refractivity contribution in [1.82, 2.24) is 19.7 Å². The maximum Gasteiger partial charge on any atom is 0.260 e. The molecule has 1 atom stereocenters. The van der Waals surface area contributed by atoms with Crippen molar-refractivity contribution in [3.8, 4) is 17.4 Å². The molecule has 1 fully saturated rings. The van der Waals surface area contributed by atoms with Crippen molar-refractivity contribution in [3.05, 3.63) is 41.1 Å². The number of aryl methyl sites for hydroxylation is 4. The monoisotopic (exact) mass is 466 g/mol. The van der Waals surface area contributed by atoms with Crippen LogP contribution >= 0.6 is 0 Å². The number of piperidine rings is 1. The van der Waals surface area contributed by atoms with E-state index in [2.05, 4.69) is 16.1 Å². The van der Waals surface area contributed by atoms with Gasteiger partial charge in [-0.25, -0.2) is 9.67 Å². The zero-order chi connectivity index (χ0) is 24.2. The van der Waals surface area contributed by atoms with E-state index in [4.69, 9.17) is 14.2 Å². The molecule has 2 aromatic heterocycles. The largest absolute Gasteiger partial charge is 0.493 e. The van der Waals surface area contributed by atoms with Gasteiger partial charge in [-0.3, -0.25) is 4.79 Å². The maximum atomic E-state index is 13.2. The molecule has 8 nitrogen and oxygen atoms in total. The van der Waals surface area contributed by atoms with Crippen molar-refractivity contribution >= 4 is 16.9 Å². The second-order valence-electron chi connectivity index (χ2n) is 8.96. The molecule has 0 spiro atoms. The van der Waals surface area contributed by atoms with E-state index in [1.165, 1.54) is 5.56 Å². The third kappa shape index (κ3) is 4.95. The first-order chi connectivity index (χ1) is 16.4. The molecule has 0 aliphatic carbocycles. The summed E-state index contributed by atoms with van der Waals surface area (Å²) >= 11 is 0. The van der Waals surface area contributed by atoms with E-state index in [1.807, 2.05) is 44.0 Å².